The smallest absolute Gasteiger partial charge is 0.261 e. The van der Waals surface area contributed by atoms with Crippen LogP contribution in [0, 0.1) is 0 Å². The lowest BCUT2D eigenvalue weighted by molar-refractivity contribution is -0.346. The predicted octanol–water partition coefficient (Wildman–Crippen LogP) is 6.56. The summed E-state index contributed by atoms with van der Waals surface area (Å²) in [7, 11) is -3.01. The number of allylic oxidation sites excluding steroid dienone is 1. The van der Waals surface area contributed by atoms with Gasteiger partial charge in [0.1, 0.15) is 18.3 Å². The highest BCUT2D eigenvalue weighted by Gasteiger charge is 2.71. The third-order valence-corrected chi connectivity index (χ3v) is 14.8. The number of benzene rings is 4. The van der Waals surface area contributed by atoms with Gasteiger partial charge in [-0.15, -0.1) is 6.58 Å². The van der Waals surface area contributed by atoms with Gasteiger partial charge in [-0.3, -0.25) is 0 Å². The van der Waals surface area contributed by atoms with Crippen LogP contribution < -0.4 is 10.4 Å². The van der Waals surface area contributed by atoms with E-state index in [1.165, 1.54) is 0 Å². The van der Waals surface area contributed by atoms with Gasteiger partial charge in [0.15, 0.2) is 11.4 Å². The Kier molecular flexibility index (Phi) is 10.5. The number of rotatable bonds is 14. The molecule has 0 aliphatic carbocycles. The van der Waals surface area contributed by atoms with E-state index in [0.717, 1.165) is 21.5 Å². The second-order valence-corrected chi connectivity index (χ2v) is 18.2. The third kappa shape index (κ3) is 6.61. The largest absolute Gasteiger partial charge is 0.404 e. The molecular formula is C41H48O6Si. The maximum Gasteiger partial charge on any atom is 0.261 e. The summed E-state index contributed by atoms with van der Waals surface area (Å²) >= 11 is 0. The van der Waals surface area contributed by atoms with Crippen molar-refractivity contribution < 1.29 is 28.5 Å². The van der Waals surface area contributed by atoms with Crippen molar-refractivity contribution in [2.24, 2.45) is 0 Å². The molecule has 0 aromatic heterocycles. The second-order valence-electron chi connectivity index (χ2n) is 13.9. The lowest BCUT2D eigenvalue weighted by Gasteiger charge is -2.48. The van der Waals surface area contributed by atoms with Crippen LogP contribution >= 0.6 is 0 Å². The fourth-order valence-electron chi connectivity index (χ4n) is 7.38. The Morgan fingerprint density at radius 3 is 1.73 bits per heavy atom. The van der Waals surface area contributed by atoms with Crippen LogP contribution in [0.3, 0.4) is 0 Å². The number of aliphatic hydroxyl groups excluding tert-OH is 1. The molecule has 252 valence electrons. The van der Waals surface area contributed by atoms with E-state index in [2.05, 4.69) is 75.9 Å². The summed E-state index contributed by atoms with van der Waals surface area (Å²) in [6.45, 7) is 11.5. The standard InChI is InChI=1S/C41H48O6Si/c1-5-6-27-41-38(44-29-33-21-13-8-14-22-33)37(43-28-32-19-11-7-12-20-32)40(47-41,36(42)30-45-41)31-46-48(39(2,3)4,34-23-15-9-16-24-34)35-25-17-10-18-26-35/h5,7-26,36-38,42H,1,6,27-31H2,2-4H3/t36-,37-,38-,40+,41+/m1/s1. The van der Waals surface area contributed by atoms with Gasteiger partial charge in [0.05, 0.1) is 26.4 Å². The minimum absolute atomic E-state index is 0.0671. The topological polar surface area (TPSA) is 66.4 Å². The molecule has 0 amide bonds. The molecule has 4 aromatic carbocycles. The highest BCUT2D eigenvalue weighted by molar-refractivity contribution is 6.99. The third-order valence-electron chi connectivity index (χ3n) is 9.78. The summed E-state index contributed by atoms with van der Waals surface area (Å²) in [5.74, 6) is -1.17. The van der Waals surface area contributed by atoms with Gasteiger partial charge >= 0.3 is 0 Å². The second kappa shape index (κ2) is 14.6. The van der Waals surface area contributed by atoms with Crippen molar-refractivity contribution >= 4 is 18.7 Å². The maximum atomic E-state index is 12.0. The molecule has 2 aliphatic heterocycles. The Hall–Kier alpha value is -3.40. The molecule has 2 heterocycles. The highest BCUT2D eigenvalue weighted by atomic mass is 28.4. The van der Waals surface area contributed by atoms with E-state index >= 15 is 0 Å². The molecule has 48 heavy (non-hydrogen) atoms. The Balaban J connectivity index is 1.45. The van der Waals surface area contributed by atoms with Gasteiger partial charge in [-0.25, -0.2) is 0 Å². The first-order valence-corrected chi connectivity index (χ1v) is 18.8. The number of aliphatic hydroxyl groups is 1. The summed E-state index contributed by atoms with van der Waals surface area (Å²) in [6.07, 6.45) is 0.606. The first-order valence-electron chi connectivity index (χ1n) is 16.9. The van der Waals surface area contributed by atoms with Gasteiger partial charge in [-0.2, -0.15) is 0 Å². The van der Waals surface area contributed by atoms with E-state index in [0.29, 0.717) is 26.1 Å². The van der Waals surface area contributed by atoms with Crippen molar-refractivity contribution in [1.29, 1.82) is 0 Å². The summed E-state index contributed by atoms with van der Waals surface area (Å²) < 4.78 is 34.7. The van der Waals surface area contributed by atoms with Crippen molar-refractivity contribution in [3.63, 3.8) is 0 Å². The van der Waals surface area contributed by atoms with Crippen LogP contribution in [0.5, 0.6) is 0 Å². The van der Waals surface area contributed by atoms with Crippen molar-refractivity contribution in [1.82, 2.24) is 0 Å². The van der Waals surface area contributed by atoms with E-state index in [4.69, 9.17) is 23.4 Å². The van der Waals surface area contributed by atoms with E-state index < -0.39 is 38.0 Å². The fraction of sp³-hybridized carbons (Fsp3) is 0.366. The maximum absolute atomic E-state index is 12.0. The molecule has 2 aliphatic rings. The van der Waals surface area contributed by atoms with Crippen LogP contribution in [0.4, 0.5) is 0 Å². The Labute approximate surface area is 286 Å². The molecule has 4 aromatic rings. The number of ether oxygens (including phenoxy) is 4. The molecule has 6 nitrogen and oxygen atoms in total. The predicted molar refractivity (Wildman–Crippen MR) is 192 cm³/mol. The van der Waals surface area contributed by atoms with Crippen LogP contribution in [-0.4, -0.2) is 56.3 Å². The fourth-order valence-corrected chi connectivity index (χ4v) is 12.0. The van der Waals surface area contributed by atoms with Gasteiger partial charge in [0.2, 0.25) is 0 Å². The van der Waals surface area contributed by atoms with Crippen molar-refractivity contribution in [3.05, 3.63) is 145 Å². The quantitative estimate of drug-likeness (QED) is 0.122. The average Bonchev–Trinajstić information content (AvgIpc) is 3.33. The number of fused-ring (bicyclic) bond motifs is 2. The van der Waals surface area contributed by atoms with Crippen LogP contribution in [0.25, 0.3) is 0 Å². The molecule has 0 radical (unpaired) electrons. The Morgan fingerprint density at radius 1 is 0.771 bits per heavy atom. The van der Waals surface area contributed by atoms with Gasteiger partial charge < -0.3 is 28.5 Å². The minimum Gasteiger partial charge on any atom is -0.404 e. The number of hydrogen-bond acceptors (Lipinski definition) is 6. The number of hydrogen-bond donors (Lipinski definition) is 1. The zero-order valence-corrected chi connectivity index (χ0v) is 29.3. The molecule has 1 N–H and O–H groups in total. The molecule has 2 fully saturated rings. The Morgan fingerprint density at radius 2 is 1.25 bits per heavy atom. The summed E-state index contributed by atoms with van der Waals surface area (Å²) in [5.41, 5.74) is 0.764. The van der Waals surface area contributed by atoms with E-state index in [9.17, 15) is 5.11 Å². The van der Waals surface area contributed by atoms with E-state index in [1.807, 2.05) is 78.9 Å². The lowest BCUT2D eigenvalue weighted by atomic mass is 9.89. The van der Waals surface area contributed by atoms with Gasteiger partial charge in [0, 0.05) is 6.42 Å². The molecule has 2 saturated heterocycles. The summed E-state index contributed by atoms with van der Waals surface area (Å²) in [5, 5.41) is 14.1. The average molecular weight is 665 g/mol. The zero-order valence-electron chi connectivity index (χ0n) is 28.3. The molecule has 7 heteroatoms. The summed E-state index contributed by atoms with van der Waals surface area (Å²) in [6, 6.07) is 41.1. The summed E-state index contributed by atoms with van der Waals surface area (Å²) in [4.78, 5) is 0. The van der Waals surface area contributed by atoms with Crippen LogP contribution in [-0.2, 0) is 36.6 Å². The van der Waals surface area contributed by atoms with E-state index in [1.54, 1.807) is 0 Å². The molecule has 6 rings (SSSR count). The molecule has 0 saturated carbocycles. The molecular weight excluding hydrogens is 617 g/mol. The SMILES string of the molecule is C=CCC[C@]12OC[C@@H](O)[C@](CO[Si](c3ccccc3)(c3ccccc3)C(C)(C)C)(O1)[C@H](OCc1ccccc1)[C@H]2OCc1ccccc1. The normalized spacial score (nSPS) is 25.5. The highest BCUT2D eigenvalue weighted by Crippen LogP contribution is 2.52. The first-order chi connectivity index (χ1) is 23.2. The molecule has 2 bridgehead atoms. The monoisotopic (exact) mass is 664 g/mol. The Bertz CT molecular complexity index is 1560. The van der Waals surface area contributed by atoms with Crippen molar-refractivity contribution in [2.45, 2.75) is 81.6 Å². The molecule has 5 atom stereocenters. The van der Waals surface area contributed by atoms with Crippen LogP contribution in [0.2, 0.25) is 5.04 Å². The van der Waals surface area contributed by atoms with E-state index in [-0.39, 0.29) is 18.3 Å². The van der Waals surface area contributed by atoms with Gasteiger partial charge in [0.25, 0.3) is 8.32 Å². The molecule has 0 unspecified atom stereocenters. The lowest BCUT2D eigenvalue weighted by Crippen LogP contribution is -2.69. The van der Waals surface area contributed by atoms with Crippen LogP contribution in [0.15, 0.2) is 134 Å². The van der Waals surface area contributed by atoms with Crippen molar-refractivity contribution in [2.75, 3.05) is 13.2 Å². The first kappa shape index (κ1) is 34.5. The zero-order chi connectivity index (χ0) is 33.7. The van der Waals surface area contributed by atoms with Gasteiger partial charge in [-0.1, -0.05) is 148 Å². The van der Waals surface area contributed by atoms with Gasteiger partial charge in [-0.05, 0) is 33.0 Å². The van der Waals surface area contributed by atoms with Crippen molar-refractivity contribution in [3.8, 4) is 0 Å². The van der Waals surface area contributed by atoms with Crippen LogP contribution in [0.1, 0.15) is 44.7 Å². The minimum atomic E-state index is -3.01. The molecule has 0 spiro atoms.